The standard InChI is InChI=1S/C26H32N2O2S.ClH.H3N.Ru/c1-21-12-11-14-22(20-21)13-9-10-19-27-25(23-15-5-3-6-16-23)26(28-31(2,29)30)24-17-7-4-8-18-24;;;/h3-8,11-12,14-18,20,25-28H,9-10,13,19H2,1-2H3;1H;1H3;/t25-,26-;;;/m0.../s1. The molecule has 0 fully saturated rings. The third kappa shape index (κ3) is 10.8. The van der Waals surface area contributed by atoms with Gasteiger partial charge in [-0.3, -0.25) is 0 Å². The molecular weight excluding hydrogens is 555 g/mol. The van der Waals surface area contributed by atoms with E-state index in [1.807, 2.05) is 60.7 Å². The van der Waals surface area contributed by atoms with Crippen molar-refractivity contribution >= 4 is 10.0 Å². The maximum absolute atomic E-state index is 12.2. The Morgan fingerprint density at radius 3 is 1.88 bits per heavy atom. The van der Waals surface area contributed by atoms with Gasteiger partial charge in [-0.1, -0.05) is 90.5 Å². The zero-order chi connectivity index (χ0) is 22.1. The fraction of sp³-hybridized carbons (Fsp3) is 0.308. The molecule has 0 amide bonds. The van der Waals surface area contributed by atoms with Gasteiger partial charge in [-0.25, -0.2) is 13.1 Å². The molecule has 6 N–H and O–H groups in total. The molecular formula is C26H36ClN3O2RuS. The summed E-state index contributed by atoms with van der Waals surface area (Å²) in [4.78, 5) is 0. The molecule has 188 valence electrons. The number of nitrogens with one attached hydrogen (secondary N) is 2. The molecule has 8 heteroatoms. The minimum atomic E-state index is -3.39. The fourth-order valence-corrected chi connectivity index (χ4v) is 4.62. The predicted molar refractivity (Wildman–Crippen MR) is 134 cm³/mol. The molecule has 0 radical (unpaired) electrons. The van der Waals surface area contributed by atoms with Crippen LogP contribution in [0.2, 0.25) is 0 Å². The third-order valence-electron chi connectivity index (χ3n) is 5.33. The van der Waals surface area contributed by atoms with Crippen LogP contribution in [0, 0.1) is 6.92 Å². The Morgan fingerprint density at radius 2 is 1.35 bits per heavy atom. The van der Waals surface area contributed by atoms with Gasteiger partial charge < -0.3 is 23.9 Å². The van der Waals surface area contributed by atoms with E-state index in [4.69, 9.17) is 0 Å². The zero-order valence-corrected chi connectivity index (χ0v) is 23.3. The van der Waals surface area contributed by atoms with Gasteiger partial charge in [0.2, 0.25) is 10.0 Å². The Hall–Kier alpha value is -1.60. The summed E-state index contributed by atoms with van der Waals surface area (Å²) in [6.45, 7) is 2.92. The maximum Gasteiger partial charge on any atom is 0.209 e. The Balaban J connectivity index is 0.00000363. The van der Waals surface area contributed by atoms with Gasteiger partial charge in [0, 0.05) is 19.5 Å². The second kappa shape index (κ2) is 16.1. The van der Waals surface area contributed by atoms with Crippen LogP contribution < -0.4 is 28.6 Å². The minimum Gasteiger partial charge on any atom is -1.00 e. The van der Waals surface area contributed by atoms with Crippen molar-refractivity contribution in [3.8, 4) is 0 Å². The Labute approximate surface area is 223 Å². The monoisotopic (exact) mass is 591 g/mol. The maximum atomic E-state index is 12.2. The van der Waals surface area contributed by atoms with E-state index in [2.05, 4.69) is 41.2 Å². The summed E-state index contributed by atoms with van der Waals surface area (Å²) in [5, 5.41) is 3.63. The summed E-state index contributed by atoms with van der Waals surface area (Å²) in [5.41, 5.74) is 4.65. The summed E-state index contributed by atoms with van der Waals surface area (Å²) in [6.07, 6.45) is 4.35. The van der Waals surface area contributed by atoms with E-state index in [1.165, 1.54) is 17.4 Å². The van der Waals surface area contributed by atoms with E-state index in [9.17, 15) is 8.42 Å². The van der Waals surface area contributed by atoms with Crippen LogP contribution in [0.4, 0.5) is 0 Å². The topological polar surface area (TPSA) is 94.7 Å². The van der Waals surface area contributed by atoms with Crippen LogP contribution in [-0.2, 0) is 35.9 Å². The number of unbranched alkanes of at least 4 members (excludes halogenated alkanes) is 1. The molecule has 5 nitrogen and oxygen atoms in total. The summed E-state index contributed by atoms with van der Waals surface area (Å²) in [6, 6.07) is 27.9. The van der Waals surface area contributed by atoms with Gasteiger partial charge in [0.1, 0.15) is 0 Å². The number of rotatable bonds is 11. The van der Waals surface area contributed by atoms with Crippen LogP contribution in [-0.4, -0.2) is 21.2 Å². The number of aryl methyl sites for hydroxylation is 2. The van der Waals surface area contributed by atoms with Crippen molar-refractivity contribution in [3.63, 3.8) is 0 Å². The second-order valence-electron chi connectivity index (χ2n) is 8.07. The van der Waals surface area contributed by atoms with Crippen molar-refractivity contribution in [2.45, 2.75) is 38.3 Å². The average Bonchev–Trinajstić information content (AvgIpc) is 2.75. The van der Waals surface area contributed by atoms with Crippen LogP contribution >= 0.6 is 0 Å². The van der Waals surface area contributed by atoms with Gasteiger partial charge in [-0.2, -0.15) is 0 Å². The summed E-state index contributed by atoms with van der Waals surface area (Å²) in [5.74, 6) is 0. The van der Waals surface area contributed by atoms with Crippen LogP contribution in [0.15, 0.2) is 84.9 Å². The molecule has 0 saturated heterocycles. The third-order valence-corrected chi connectivity index (χ3v) is 6.01. The largest absolute Gasteiger partial charge is 1.00 e. The molecule has 3 aromatic carbocycles. The van der Waals surface area contributed by atoms with Crippen molar-refractivity contribution in [3.05, 3.63) is 107 Å². The molecule has 3 aromatic rings. The van der Waals surface area contributed by atoms with E-state index in [0.717, 1.165) is 36.9 Å². The minimum absolute atomic E-state index is 0. The number of hydrogen-bond donors (Lipinski definition) is 3. The van der Waals surface area contributed by atoms with Gasteiger partial charge in [-0.15, -0.1) is 0 Å². The van der Waals surface area contributed by atoms with Crippen molar-refractivity contribution in [2.75, 3.05) is 12.8 Å². The molecule has 0 spiro atoms. The van der Waals surface area contributed by atoms with E-state index in [0.29, 0.717) is 0 Å². The van der Waals surface area contributed by atoms with E-state index < -0.39 is 16.1 Å². The average molecular weight is 591 g/mol. The summed E-state index contributed by atoms with van der Waals surface area (Å²) in [7, 11) is -3.39. The second-order valence-corrected chi connectivity index (χ2v) is 9.85. The van der Waals surface area contributed by atoms with Gasteiger partial charge in [0.05, 0.1) is 18.3 Å². The Bertz CT molecular complexity index is 1050. The number of halogens is 1. The zero-order valence-electron chi connectivity index (χ0n) is 20.0. The molecule has 0 saturated carbocycles. The normalized spacial score (nSPS) is 12.4. The molecule has 0 bridgehead atoms. The molecule has 0 unspecified atom stereocenters. The van der Waals surface area contributed by atoms with E-state index in [-0.39, 0.29) is 44.1 Å². The fourth-order valence-electron chi connectivity index (χ4n) is 3.89. The first-order valence-electron chi connectivity index (χ1n) is 10.8. The van der Waals surface area contributed by atoms with Gasteiger partial charge in [0.15, 0.2) is 0 Å². The number of sulfonamides is 1. The van der Waals surface area contributed by atoms with Crippen LogP contribution in [0.3, 0.4) is 0 Å². The Morgan fingerprint density at radius 1 is 0.794 bits per heavy atom. The van der Waals surface area contributed by atoms with Gasteiger partial charge in [-0.05, 0) is 49.4 Å². The molecule has 34 heavy (non-hydrogen) atoms. The van der Waals surface area contributed by atoms with Crippen molar-refractivity contribution in [1.82, 2.24) is 16.2 Å². The number of benzene rings is 3. The molecule has 0 aliphatic heterocycles. The van der Waals surface area contributed by atoms with Crippen molar-refractivity contribution in [2.24, 2.45) is 0 Å². The van der Waals surface area contributed by atoms with Gasteiger partial charge in [0.25, 0.3) is 0 Å². The smallest absolute Gasteiger partial charge is 0.209 e. The first-order valence-corrected chi connectivity index (χ1v) is 12.7. The van der Waals surface area contributed by atoms with Crippen LogP contribution in [0.25, 0.3) is 0 Å². The van der Waals surface area contributed by atoms with E-state index >= 15 is 0 Å². The number of quaternary nitrogens is 1. The van der Waals surface area contributed by atoms with Crippen LogP contribution in [0.1, 0.15) is 47.2 Å². The Kier molecular flexibility index (Phi) is 15.4. The predicted octanol–water partition coefficient (Wildman–Crippen LogP) is 2.32. The quantitative estimate of drug-likeness (QED) is 0.236. The molecule has 0 aliphatic rings. The van der Waals surface area contributed by atoms with E-state index in [1.54, 1.807) is 0 Å². The van der Waals surface area contributed by atoms with Crippen molar-refractivity contribution in [1.29, 1.82) is 0 Å². The summed E-state index contributed by atoms with van der Waals surface area (Å²) < 4.78 is 27.2. The van der Waals surface area contributed by atoms with Gasteiger partial charge >= 0.3 is 0 Å². The molecule has 3 rings (SSSR count). The first kappa shape index (κ1) is 32.4. The number of hydrogen-bond acceptors (Lipinski definition) is 3. The summed E-state index contributed by atoms with van der Waals surface area (Å²) >= 11 is 0. The molecule has 2 atom stereocenters. The molecule has 0 heterocycles. The molecule has 0 aromatic heterocycles. The molecule has 0 aliphatic carbocycles. The SMILES string of the molecule is Cc1cccc(CCCCN[C@@H](c2ccccc2)[C@@H](NS(C)(=O)=O)c2ccccc2)c1.[Cl-].[NH4+].[Ru]. The van der Waals surface area contributed by atoms with Crippen LogP contribution in [0.5, 0.6) is 0 Å². The van der Waals surface area contributed by atoms with Crippen molar-refractivity contribution < 1.29 is 40.3 Å². The first-order chi connectivity index (χ1) is 14.9.